The number of aromatic nitrogens is 1. The zero-order valence-electron chi connectivity index (χ0n) is 7.50. The van der Waals surface area contributed by atoms with Gasteiger partial charge in [-0.2, -0.15) is 0 Å². The molecule has 0 N–H and O–H groups in total. The van der Waals surface area contributed by atoms with Gasteiger partial charge in [-0.15, -0.1) is 0 Å². The molecule has 0 saturated heterocycles. The fourth-order valence-electron chi connectivity index (χ4n) is 0.972. The highest BCUT2D eigenvalue weighted by Gasteiger charge is 2.07. The zero-order chi connectivity index (χ0) is 9.84. The van der Waals surface area contributed by atoms with E-state index in [0.29, 0.717) is 10.9 Å². The average molecular weight is 244 g/mol. The van der Waals surface area contributed by atoms with Gasteiger partial charge in [0.2, 0.25) is 0 Å². The number of esters is 1. The maximum atomic E-state index is 11.1. The van der Waals surface area contributed by atoms with E-state index in [2.05, 4.69) is 25.7 Å². The van der Waals surface area contributed by atoms with E-state index < -0.39 is 0 Å². The second kappa shape index (κ2) is 4.37. The molecule has 4 heteroatoms. The summed E-state index contributed by atoms with van der Waals surface area (Å²) in [7, 11) is 1.36. The van der Waals surface area contributed by atoms with E-state index in [1.165, 1.54) is 13.3 Å². The number of alkyl halides is 1. The molecule has 0 unspecified atom stereocenters. The molecule has 0 aliphatic carbocycles. The Morgan fingerprint density at radius 3 is 2.85 bits per heavy atom. The van der Waals surface area contributed by atoms with Crippen molar-refractivity contribution in [3.8, 4) is 0 Å². The minimum atomic E-state index is -0.350. The van der Waals surface area contributed by atoms with Crippen LogP contribution in [0.2, 0.25) is 0 Å². The molecule has 0 spiro atoms. The van der Waals surface area contributed by atoms with E-state index >= 15 is 0 Å². The monoisotopic (exact) mass is 243 g/mol. The van der Waals surface area contributed by atoms with E-state index in [0.717, 1.165) is 11.3 Å². The van der Waals surface area contributed by atoms with E-state index in [1.54, 1.807) is 6.07 Å². The fraction of sp³-hybridized carbons (Fsp3) is 0.333. The predicted octanol–water partition coefficient (Wildman–Crippen LogP) is 2.07. The number of ether oxygens (including phenoxy) is 1. The Kier molecular flexibility index (Phi) is 3.42. The van der Waals surface area contributed by atoms with E-state index in [-0.39, 0.29) is 5.97 Å². The molecule has 70 valence electrons. The minimum Gasteiger partial charge on any atom is -0.465 e. The molecule has 0 aliphatic heterocycles. The molecule has 0 fully saturated rings. The van der Waals surface area contributed by atoms with Crippen LogP contribution in [-0.2, 0) is 10.1 Å². The summed E-state index contributed by atoms with van der Waals surface area (Å²) in [5, 5.41) is 0.695. The Hall–Kier alpha value is -0.900. The van der Waals surface area contributed by atoms with Gasteiger partial charge in [-0.3, -0.25) is 4.98 Å². The van der Waals surface area contributed by atoms with Crippen LogP contribution in [0.15, 0.2) is 12.3 Å². The molecule has 3 nitrogen and oxygen atoms in total. The Bertz CT molecular complexity index is 325. The number of nitrogens with zero attached hydrogens (tertiary/aromatic N) is 1. The topological polar surface area (TPSA) is 39.2 Å². The minimum absolute atomic E-state index is 0.350. The summed E-state index contributed by atoms with van der Waals surface area (Å²) in [6, 6.07) is 1.77. The highest BCUT2D eigenvalue weighted by molar-refractivity contribution is 9.08. The van der Waals surface area contributed by atoms with Crippen molar-refractivity contribution in [3.63, 3.8) is 0 Å². The Morgan fingerprint density at radius 2 is 2.38 bits per heavy atom. The fourth-order valence-corrected chi connectivity index (χ4v) is 1.56. The number of halogens is 1. The molecule has 0 aliphatic rings. The van der Waals surface area contributed by atoms with Crippen molar-refractivity contribution in [1.29, 1.82) is 0 Å². The summed E-state index contributed by atoms with van der Waals surface area (Å²) in [4.78, 5) is 15.2. The van der Waals surface area contributed by atoms with Crippen molar-refractivity contribution in [1.82, 2.24) is 4.98 Å². The van der Waals surface area contributed by atoms with Crippen LogP contribution in [0.1, 0.15) is 21.6 Å². The first-order valence-corrected chi connectivity index (χ1v) is 4.91. The molecular formula is C9H10BrNO2. The third-order valence-corrected chi connectivity index (χ3v) is 2.27. The SMILES string of the molecule is COC(=O)c1cnc(CBr)c(C)c1. The zero-order valence-corrected chi connectivity index (χ0v) is 9.09. The molecule has 1 aromatic heterocycles. The van der Waals surface area contributed by atoms with Crippen molar-refractivity contribution < 1.29 is 9.53 Å². The summed E-state index contributed by atoms with van der Waals surface area (Å²) in [5.74, 6) is -0.350. The van der Waals surface area contributed by atoms with Gasteiger partial charge in [-0.25, -0.2) is 4.79 Å². The summed E-state index contributed by atoms with van der Waals surface area (Å²) in [5.41, 5.74) is 2.41. The number of hydrogen-bond donors (Lipinski definition) is 0. The molecule has 1 heterocycles. The van der Waals surface area contributed by atoms with Crippen LogP contribution >= 0.6 is 15.9 Å². The number of aryl methyl sites for hydroxylation is 1. The first-order chi connectivity index (χ1) is 6.19. The molecule has 0 radical (unpaired) electrons. The highest BCUT2D eigenvalue weighted by Crippen LogP contribution is 2.11. The molecule has 1 aromatic rings. The summed E-state index contributed by atoms with van der Waals surface area (Å²) in [6.45, 7) is 1.91. The molecule has 1 rings (SSSR count). The smallest absolute Gasteiger partial charge is 0.339 e. The standard InChI is InChI=1S/C9H10BrNO2/c1-6-3-7(9(12)13-2)5-11-8(6)4-10/h3,5H,4H2,1-2H3. The van der Waals surface area contributed by atoms with Crippen LogP contribution in [0.4, 0.5) is 0 Å². The van der Waals surface area contributed by atoms with Gasteiger partial charge in [0.1, 0.15) is 0 Å². The van der Waals surface area contributed by atoms with Crippen LogP contribution in [0.5, 0.6) is 0 Å². The average Bonchev–Trinajstić information content (AvgIpc) is 2.16. The first kappa shape index (κ1) is 10.2. The van der Waals surface area contributed by atoms with Gasteiger partial charge in [-0.05, 0) is 18.6 Å². The van der Waals surface area contributed by atoms with Crippen molar-refractivity contribution >= 4 is 21.9 Å². The van der Waals surface area contributed by atoms with Crippen molar-refractivity contribution in [2.45, 2.75) is 12.3 Å². The van der Waals surface area contributed by atoms with Crippen LogP contribution < -0.4 is 0 Å². The maximum absolute atomic E-state index is 11.1. The van der Waals surface area contributed by atoms with Gasteiger partial charge in [-0.1, -0.05) is 15.9 Å². The van der Waals surface area contributed by atoms with Crippen molar-refractivity contribution in [2.75, 3.05) is 7.11 Å². The molecule has 13 heavy (non-hydrogen) atoms. The number of rotatable bonds is 2. The normalized spacial score (nSPS) is 9.77. The summed E-state index contributed by atoms with van der Waals surface area (Å²) < 4.78 is 4.57. The van der Waals surface area contributed by atoms with Gasteiger partial charge in [0.05, 0.1) is 18.4 Å². The molecule has 0 amide bonds. The third kappa shape index (κ3) is 2.28. The molecule has 0 bridgehead atoms. The Balaban J connectivity index is 3.02. The van der Waals surface area contributed by atoms with Crippen LogP contribution in [0.25, 0.3) is 0 Å². The lowest BCUT2D eigenvalue weighted by molar-refractivity contribution is 0.0600. The lowest BCUT2D eigenvalue weighted by Crippen LogP contribution is -2.03. The van der Waals surface area contributed by atoms with Crippen molar-refractivity contribution in [2.24, 2.45) is 0 Å². The molecule has 0 aromatic carbocycles. The first-order valence-electron chi connectivity index (χ1n) is 3.79. The Labute approximate surface area is 85.3 Å². The number of hydrogen-bond acceptors (Lipinski definition) is 3. The predicted molar refractivity (Wildman–Crippen MR) is 52.9 cm³/mol. The number of carbonyl (C=O) groups excluding carboxylic acids is 1. The van der Waals surface area contributed by atoms with Gasteiger partial charge < -0.3 is 4.74 Å². The highest BCUT2D eigenvalue weighted by atomic mass is 79.9. The second-order valence-corrected chi connectivity index (χ2v) is 3.17. The summed E-state index contributed by atoms with van der Waals surface area (Å²) in [6.07, 6.45) is 1.52. The van der Waals surface area contributed by atoms with Crippen LogP contribution in [0, 0.1) is 6.92 Å². The molecule has 0 saturated carbocycles. The lowest BCUT2D eigenvalue weighted by atomic mass is 10.2. The number of carbonyl (C=O) groups is 1. The van der Waals surface area contributed by atoms with E-state index in [1.807, 2.05) is 6.92 Å². The molecular weight excluding hydrogens is 234 g/mol. The maximum Gasteiger partial charge on any atom is 0.339 e. The Morgan fingerprint density at radius 1 is 1.69 bits per heavy atom. The van der Waals surface area contributed by atoms with E-state index in [4.69, 9.17) is 0 Å². The van der Waals surface area contributed by atoms with Gasteiger partial charge >= 0.3 is 5.97 Å². The number of methoxy groups -OCH3 is 1. The third-order valence-electron chi connectivity index (χ3n) is 1.73. The van der Waals surface area contributed by atoms with E-state index in [9.17, 15) is 4.79 Å². The quantitative estimate of drug-likeness (QED) is 0.590. The van der Waals surface area contributed by atoms with Crippen molar-refractivity contribution in [3.05, 3.63) is 29.1 Å². The second-order valence-electron chi connectivity index (χ2n) is 2.61. The van der Waals surface area contributed by atoms with Crippen LogP contribution in [0.3, 0.4) is 0 Å². The summed E-state index contributed by atoms with van der Waals surface area (Å²) >= 11 is 3.31. The lowest BCUT2D eigenvalue weighted by Gasteiger charge is -2.03. The van der Waals surface area contributed by atoms with Crippen LogP contribution in [-0.4, -0.2) is 18.1 Å². The largest absolute Gasteiger partial charge is 0.465 e. The molecule has 0 atom stereocenters. The van der Waals surface area contributed by atoms with Gasteiger partial charge in [0.25, 0.3) is 0 Å². The van der Waals surface area contributed by atoms with Gasteiger partial charge in [0, 0.05) is 11.5 Å². The number of pyridine rings is 1. The van der Waals surface area contributed by atoms with Gasteiger partial charge in [0.15, 0.2) is 0 Å².